The summed E-state index contributed by atoms with van der Waals surface area (Å²) in [6.07, 6.45) is -0.293. The Kier molecular flexibility index (Phi) is 7.53. The first-order chi connectivity index (χ1) is 10.9. The molecule has 24 heavy (non-hydrogen) atoms. The van der Waals surface area contributed by atoms with Crippen molar-refractivity contribution in [3.05, 3.63) is 29.8 Å². The number of nitrogens with zero attached hydrogens (tertiary/aromatic N) is 1. The summed E-state index contributed by atoms with van der Waals surface area (Å²) in [5, 5.41) is 5.40. The Morgan fingerprint density at radius 2 is 1.96 bits per heavy atom. The predicted molar refractivity (Wildman–Crippen MR) is 87.1 cm³/mol. The number of ether oxygens (including phenoxy) is 1. The SMILES string of the molecule is C[C@H]1OCCN[C@@H]1C(=O)N(C)CC(=O)Nc1cc(F)cc(F)c1.Cl. The summed E-state index contributed by atoms with van der Waals surface area (Å²) in [6, 6.07) is 2.19. The molecule has 1 aliphatic rings. The lowest BCUT2D eigenvalue weighted by Crippen LogP contribution is -2.56. The smallest absolute Gasteiger partial charge is 0.243 e. The van der Waals surface area contributed by atoms with Crippen LogP contribution in [0.2, 0.25) is 0 Å². The zero-order valence-electron chi connectivity index (χ0n) is 13.3. The Labute approximate surface area is 144 Å². The third-order valence-corrected chi connectivity index (χ3v) is 3.49. The standard InChI is InChI=1S/C15H19F2N3O3.ClH/c1-9-14(18-3-4-23-9)15(22)20(2)8-13(21)19-12-6-10(16)5-11(17)7-12;/h5-7,9,14,18H,3-4,8H2,1-2H3,(H,19,21);1H/t9-,14+;/m1./s1. The largest absolute Gasteiger partial charge is 0.375 e. The topological polar surface area (TPSA) is 70.7 Å². The van der Waals surface area contributed by atoms with Gasteiger partial charge in [-0.15, -0.1) is 12.4 Å². The van der Waals surface area contributed by atoms with Gasteiger partial charge in [-0.25, -0.2) is 8.78 Å². The molecule has 1 saturated heterocycles. The van der Waals surface area contributed by atoms with Gasteiger partial charge in [0.05, 0.1) is 19.3 Å². The third-order valence-electron chi connectivity index (χ3n) is 3.49. The maximum Gasteiger partial charge on any atom is 0.243 e. The molecule has 0 radical (unpaired) electrons. The van der Waals surface area contributed by atoms with Crippen LogP contribution in [-0.2, 0) is 14.3 Å². The Morgan fingerprint density at radius 3 is 2.54 bits per heavy atom. The number of benzene rings is 1. The number of nitrogens with one attached hydrogen (secondary N) is 2. The zero-order chi connectivity index (χ0) is 17.0. The maximum absolute atomic E-state index is 13.1. The number of hydrogen-bond donors (Lipinski definition) is 2. The fourth-order valence-electron chi connectivity index (χ4n) is 2.37. The van der Waals surface area contributed by atoms with Gasteiger partial charge in [0.2, 0.25) is 11.8 Å². The number of halogens is 3. The number of amides is 2. The van der Waals surface area contributed by atoms with Crippen LogP contribution in [0.4, 0.5) is 14.5 Å². The van der Waals surface area contributed by atoms with Gasteiger partial charge in [0, 0.05) is 25.3 Å². The highest BCUT2D eigenvalue weighted by Gasteiger charge is 2.31. The summed E-state index contributed by atoms with van der Waals surface area (Å²) in [5.74, 6) is -2.41. The first-order valence-electron chi connectivity index (χ1n) is 7.22. The van der Waals surface area contributed by atoms with E-state index >= 15 is 0 Å². The lowest BCUT2D eigenvalue weighted by atomic mass is 10.1. The highest BCUT2D eigenvalue weighted by Crippen LogP contribution is 2.13. The monoisotopic (exact) mass is 363 g/mol. The lowest BCUT2D eigenvalue weighted by Gasteiger charge is -2.32. The Hall–Kier alpha value is -1.77. The quantitative estimate of drug-likeness (QED) is 0.842. The summed E-state index contributed by atoms with van der Waals surface area (Å²) < 4.78 is 31.5. The Morgan fingerprint density at radius 1 is 1.33 bits per heavy atom. The molecule has 0 unspecified atom stereocenters. The third kappa shape index (κ3) is 5.40. The molecule has 2 atom stereocenters. The molecular formula is C15H20ClF2N3O3. The van der Waals surface area contributed by atoms with Crippen molar-refractivity contribution in [1.82, 2.24) is 10.2 Å². The van der Waals surface area contributed by atoms with Crippen LogP contribution in [0.5, 0.6) is 0 Å². The first kappa shape index (κ1) is 20.3. The highest BCUT2D eigenvalue weighted by atomic mass is 35.5. The van der Waals surface area contributed by atoms with Crippen LogP contribution in [0.15, 0.2) is 18.2 Å². The van der Waals surface area contributed by atoms with Gasteiger partial charge in [-0.3, -0.25) is 9.59 Å². The van der Waals surface area contributed by atoms with Crippen molar-refractivity contribution < 1.29 is 23.1 Å². The number of carbonyl (C=O) groups excluding carboxylic acids is 2. The summed E-state index contributed by atoms with van der Waals surface area (Å²) in [5.41, 5.74) is 0.000779. The van der Waals surface area contributed by atoms with Gasteiger partial charge < -0.3 is 20.3 Å². The molecule has 1 aromatic carbocycles. The van der Waals surface area contributed by atoms with Crippen LogP contribution in [-0.4, -0.2) is 55.6 Å². The molecule has 0 aromatic heterocycles. The molecule has 9 heteroatoms. The summed E-state index contributed by atoms with van der Waals surface area (Å²) in [4.78, 5) is 25.4. The van der Waals surface area contributed by atoms with Gasteiger partial charge in [0.25, 0.3) is 0 Å². The summed E-state index contributed by atoms with van der Waals surface area (Å²) in [7, 11) is 1.48. The molecule has 134 valence electrons. The van der Waals surface area contributed by atoms with Crippen molar-refractivity contribution in [3.63, 3.8) is 0 Å². The summed E-state index contributed by atoms with van der Waals surface area (Å²) in [6.45, 7) is 2.63. The molecule has 0 spiro atoms. The van der Waals surface area contributed by atoms with Crippen LogP contribution in [0.3, 0.4) is 0 Å². The predicted octanol–water partition coefficient (Wildman–Crippen LogP) is 1.16. The second-order valence-corrected chi connectivity index (χ2v) is 5.41. The van der Waals surface area contributed by atoms with Gasteiger partial charge in [-0.2, -0.15) is 0 Å². The maximum atomic E-state index is 13.1. The van der Waals surface area contributed by atoms with Crippen LogP contribution in [0.25, 0.3) is 0 Å². The normalized spacial score (nSPS) is 20.0. The minimum absolute atomic E-state index is 0. The highest BCUT2D eigenvalue weighted by molar-refractivity contribution is 5.95. The average molecular weight is 364 g/mol. The number of likely N-dealkylation sites (N-methyl/N-ethyl adjacent to an activating group) is 1. The van der Waals surface area contributed by atoms with Crippen LogP contribution in [0, 0.1) is 11.6 Å². The van der Waals surface area contributed by atoms with E-state index in [2.05, 4.69) is 10.6 Å². The minimum atomic E-state index is -0.790. The zero-order valence-corrected chi connectivity index (χ0v) is 14.2. The van der Waals surface area contributed by atoms with E-state index < -0.39 is 23.6 Å². The van der Waals surface area contributed by atoms with Gasteiger partial charge in [-0.05, 0) is 19.1 Å². The van der Waals surface area contributed by atoms with Crippen molar-refractivity contribution in [2.75, 3.05) is 32.1 Å². The molecule has 1 aromatic rings. The summed E-state index contributed by atoms with van der Waals surface area (Å²) >= 11 is 0. The van der Waals surface area contributed by atoms with E-state index in [0.29, 0.717) is 19.2 Å². The van der Waals surface area contributed by atoms with Crippen LogP contribution < -0.4 is 10.6 Å². The molecule has 6 nitrogen and oxygen atoms in total. The van der Waals surface area contributed by atoms with Crippen LogP contribution in [0.1, 0.15) is 6.92 Å². The Balaban J connectivity index is 0.00000288. The van der Waals surface area contributed by atoms with E-state index in [4.69, 9.17) is 4.74 Å². The first-order valence-corrected chi connectivity index (χ1v) is 7.22. The van der Waals surface area contributed by atoms with Gasteiger partial charge in [0.15, 0.2) is 0 Å². The molecule has 1 aliphatic heterocycles. The van der Waals surface area contributed by atoms with Gasteiger partial charge in [-0.1, -0.05) is 0 Å². The molecule has 0 aliphatic carbocycles. The Bertz CT molecular complexity index is 583. The number of hydrogen-bond acceptors (Lipinski definition) is 4. The second kappa shape index (κ2) is 8.91. The second-order valence-electron chi connectivity index (χ2n) is 5.41. The fourth-order valence-corrected chi connectivity index (χ4v) is 2.37. The molecule has 2 amide bonds. The van der Waals surface area contributed by atoms with Crippen molar-refractivity contribution in [2.45, 2.75) is 19.1 Å². The molecule has 1 heterocycles. The average Bonchev–Trinajstić information content (AvgIpc) is 2.45. The number of anilines is 1. The minimum Gasteiger partial charge on any atom is -0.375 e. The molecule has 2 rings (SSSR count). The van der Waals surface area contributed by atoms with E-state index in [1.54, 1.807) is 6.92 Å². The van der Waals surface area contributed by atoms with Crippen LogP contribution >= 0.6 is 12.4 Å². The van der Waals surface area contributed by atoms with Crippen molar-refractivity contribution >= 4 is 29.9 Å². The number of carbonyl (C=O) groups is 2. The lowest BCUT2D eigenvalue weighted by molar-refractivity contribution is -0.140. The van der Waals surface area contributed by atoms with Crippen molar-refractivity contribution in [3.8, 4) is 0 Å². The van der Waals surface area contributed by atoms with E-state index in [-0.39, 0.29) is 36.7 Å². The van der Waals surface area contributed by atoms with E-state index in [9.17, 15) is 18.4 Å². The van der Waals surface area contributed by atoms with Crippen molar-refractivity contribution in [2.24, 2.45) is 0 Å². The van der Waals surface area contributed by atoms with E-state index in [1.807, 2.05) is 0 Å². The van der Waals surface area contributed by atoms with Crippen molar-refractivity contribution in [1.29, 1.82) is 0 Å². The number of rotatable bonds is 4. The van der Waals surface area contributed by atoms with Gasteiger partial charge in [0.1, 0.15) is 17.7 Å². The number of morpholine rings is 1. The molecule has 2 N–H and O–H groups in total. The molecular weight excluding hydrogens is 344 g/mol. The molecule has 1 fully saturated rings. The molecule has 0 bridgehead atoms. The molecule has 0 saturated carbocycles. The van der Waals surface area contributed by atoms with E-state index in [1.165, 1.54) is 11.9 Å². The van der Waals surface area contributed by atoms with E-state index in [0.717, 1.165) is 12.1 Å². The van der Waals surface area contributed by atoms with Gasteiger partial charge >= 0.3 is 0 Å². The fraction of sp³-hybridized carbons (Fsp3) is 0.467.